The van der Waals surface area contributed by atoms with Crippen LogP contribution in [0.25, 0.3) is 0 Å². The number of carbonyl (C=O) groups excluding carboxylic acids is 2. The summed E-state index contributed by atoms with van der Waals surface area (Å²) >= 11 is 0. The maximum atomic E-state index is 12.2. The van der Waals surface area contributed by atoms with Crippen LogP contribution in [0.2, 0.25) is 0 Å². The minimum absolute atomic E-state index is 0.0606. The molecule has 1 rings (SSSR count). The fourth-order valence-corrected chi connectivity index (χ4v) is 2.35. The van der Waals surface area contributed by atoms with Gasteiger partial charge in [-0.3, -0.25) is 4.79 Å². The van der Waals surface area contributed by atoms with Crippen LogP contribution >= 0.6 is 0 Å². The Kier molecular flexibility index (Phi) is 6.08. The lowest BCUT2D eigenvalue weighted by atomic mass is 9.92. The topological polar surface area (TPSA) is 105 Å². The summed E-state index contributed by atoms with van der Waals surface area (Å²) in [5.74, 6) is -1.80. The van der Waals surface area contributed by atoms with Crippen LogP contribution in [0.1, 0.15) is 48.0 Å². The number of hydrogen-bond donors (Lipinski definition) is 2. The number of ether oxygens (including phenoxy) is 2. The third kappa shape index (κ3) is 6.64. The quantitative estimate of drug-likeness (QED) is 0.796. The zero-order valence-electron chi connectivity index (χ0n) is 15.2. The van der Waals surface area contributed by atoms with E-state index in [1.54, 1.807) is 41.5 Å². The highest BCUT2D eigenvalue weighted by Crippen LogP contribution is 2.21. The van der Waals surface area contributed by atoms with Gasteiger partial charge in [-0.2, -0.15) is 0 Å². The molecule has 1 aliphatic heterocycles. The summed E-state index contributed by atoms with van der Waals surface area (Å²) in [6.07, 6.45) is -0.998. The van der Waals surface area contributed by atoms with Crippen molar-refractivity contribution in [3.8, 4) is 0 Å². The van der Waals surface area contributed by atoms with Gasteiger partial charge in [-0.15, -0.1) is 0 Å². The molecule has 0 aromatic rings. The molecule has 0 unspecified atom stereocenters. The first kappa shape index (κ1) is 20.1. The summed E-state index contributed by atoms with van der Waals surface area (Å²) in [4.78, 5) is 36.9. The minimum atomic E-state index is -1.01. The van der Waals surface area contributed by atoms with Gasteiger partial charge in [-0.05, 0) is 48.0 Å². The van der Waals surface area contributed by atoms with E-state index in [1.807, 2.05) is 0 Å². The lowest BCUT2D eigenvalue weighted by Gasteiger charge is -2.37. The van der Waals surface area contributed by atoms with Crippen molar-refractivity contribution in [2.75, 3.05) is 13.1 Å². The predicted molar refractivity (Wildman–Crippen MR) is 86.7 cm³/mol. The standard InChI is InChI=1S/C16H28N2O6/c1-15(2,3)23-13(21)17-11-9-18(8-7-10(11)12(19)20)14(22)24-16(4,5)6/h10-11H,7-9H2,1-6H3,(H,17,21)(H,19,20)/t10-,11-/m1/s1. The Balaban J connectivity index is 2.78. The molecule has 0 aromatic carbocycles. The number of amides is 2. The Hall–Kier alpha value is -1.99. The first-order chi connectivity index (χ1) is 10.8. The SMILES string of the molecule is CC(C)(C)OC(=O)N[C@@H]1CN(C(=O)OC(C)(C)C)CC[C@H]1C(=O)O. The van der Waals surface area contributed by atoms with Gasteiger partial charge >= 0.3 is 18.2 Å². The van der Waals surface area contributed by atoms with Crippen molar-refractivity contribution in [3.05, 3.63) is 0 Å². The number of carboxylic acids is 1. The van der Waals surface area contributed by atoms with Crippen LogP contribution in [0, 0.1) is 5.92 Å². The Labute approximate surface area is 142 Å². The molecule has 24 heavy (non-hydrogen) atoms. The van der Waals surface area contributed by atoms with Crippen molar-refractivity contribution < 1.29 is 29.0 Å². The number of rotatable bonds is 2. The van der Waals surface area contributed by atoms with Gasteiger partial charge in [0.15, 0.2) is 0 Å². The van der Waals surface area contributed by atoms with Crippen LogP contribution in [0.15, 0.2) is 0 Å². The van der Waals surface area contributed by atoms with E-state index in [1.165, 1.54) is 4.90 Å². The maximum Gasteiger partial charge on any atom is 0.410 e. The molecule has 2 amide bonds. The summed E-state index contributed by atoms with van der Waals surface area (Å²) < 4.78 is 10.5. The number of carbonyl (C=O) groups is 3. The lowest BCUT2D eigenvalue weighted by molar-refractivity contribution is -0.144. The van der Waals surface area contributed by atoms with Gasteiger partial charge in [0, 0.05) is 13.1 Å². The van der Waals surface area contributed by atoms with E-state index in [0.717, 1.165) is 0 Å². The highest BCUT2D eigenvalue weighted by Gasteiger charge is 2.38. The Morgan fingerprint density at radius 2 is 1.58 bits per heavy atom. The molecule has 0 radical (unpaired) electrons. The minimum Gasteiger partial charge on any atom is -0.481 e. The van der Waals surface area contributed by atoms with Gasteiger partial charge in [0.25, 0.3) is 0 Å². The number of nitrogens with zero attached hydrogens (tertiary/aromatic N) is 1. The smallest absolute Gasteiger partial charge is 0.410 e. The van der Waals surface area contributed by atoms with Crippen molar-refractivity contribution in [2.24, 2.45) is 5.92 Å². The molecule has 8 heteroatoms. The van der Waals surface area contributed by atoms with Gasteiger partial charge in [0.1, 0.15) is 11.2 Å². The van der Waals surface area contributed by atoms with E-state index in [9.17, 15) is 19.5 Å². The van der Waals surface area contributed by atoms with E-state index < -0.39 is 41.3 Å². The van der Waals surface area contributed by atoms with Crippen molar-refractivity contribution >= 4 is 18.2 Å². The molecule has 8 nitrogen and oxygen atoms in total. The molecule has 138 valence electrons. The Morgan fingerprint density at radius 3 is 2.04 bits per heavy atom. The molecule has 1 heterocycles. The normalized spacial score (nSPS) is 21.8. The van der Waals surface area contributed by atoms with Crippen molar-refractivity contribution in [2.45, 2.75) is 65.2 Å². The number of piperidine rings is 1. The molecule has 0 aliphatic carbocycles. The van der Waals surface area contributed by atoms with E-state index in [0.29, 0.717) is 0 Å². The van der Waals surface area contributed by atoms with Crippen LogP contribution in [-0.2, 0) is 14.3 Å². The number of aliphatic carboxylic acids is 1. The van der Waals surface area contributed by atoms with Gasteiger partial charge < -0.3 is 24.8 Å². The number of hydrogen-bond acceptors (Lipinski definition) is 5. The largest absolute Gasteiger partial charge is 0.481 e. The van der Waals surface area contributed by atoms with E-state index in [4.69, 9.17) is 9.47 Å². The molecular formula is C16H28N2O6. The molecule has 2 N–H and O–H groups in total. The first-order valence-electron chi connectivity index (χ1n) is 7.99. The average molecular weight is 344 g/mol. The number of alkyl carbamates (subject to hydrolysis) is 1. The molecule has 0 aromatic heterocycles. The van der Waals surface area contributed by atoms with Crippen LogP contribution < -0.4 is 5.32 Å². The summed E-state index contributed by atoms with van der Waals surface area (Å²) in [6.45, 7) is 10.7. The van der Waals surface area contributed by atoms with Crippen LogP contribution in [0.3, 0.4) is 0 Å². The van der Waals surface area contributed by atoms with Gasteiger partial charge in [0.2, 0.25) is 0 Å². The third-order valence-electron chi connectivity index (χ3n) is 3.28. The zero-order valence-corrected chi connectivity index (χ0v) is 15.2. The average Bonchev–Trinajstić information content (AvgIpc) is 2.33. The number of likely N-dealkylation sites (tertiary alicyclic amines) is 1. The van der Waals surface area contributed by atoms with Gasteiger partial charge in [0.05, 0.1) is 12.0 Å². The fourth-order valence-electron chi connectivity index (χ4n) is 2.35. The molecular weight excluding hydrogens is 316 g/mol. The molecule has 1 saturated heterocycles. The fraction of sp³-hybridized carbons (Fsp3) is 0.812. The zero-order chi connectivity index (χ0) is 18.7. The van der Waals surface area contributed by atoms with Crippen molar-refractivity contribution in [3.63, 3.8) is 0 Å². The van der Waals surface area contributed by atoms with Crippen LogP contribution in [0.4, 0.5) is 9.59 Å². The maximum absolute atomic E-state index is 12.2. The monoisotopic (exact) mass is 344 g/mol. The van der Waals surface area contributed by atoms with Crippen molar-refractivity contribution in [1.82, 2.24) is 10.2 Å². The lowest BCUT2D eigenvalue weighted by Crippen LogP contribution is -2.57. The highest BCUT2D eigenvalue weighted by atomic mass is 16.6. The Bertz CT molecular complexity index is 492. The molecule has 0 saturated carbocycles. The second kappa shape index (κ2) is 7.27. The third-order valence-corrected chi connectivity index (χ3v) is 3.28. The molecule has 1 aliphatic rings. The van der Waals surface area contributed by atoms with Crippen molar-refractivity contribution in [1.29, 1.82) is 0 Å². The van der Waals surface area contributed by atoms with E-state index >= 15 is 0 Å². The van der Waals surface area contributed by atoms with E-state index in [-0.39, 0.29) is 19.5 Å². The first-order valence-corrected chi connectivity index (χ1v) is 7.99. The summed E-state index contributed by atoms with van der Waals surface area (Å²) in [7, 11) is 0. The summed E-state index contributed by atoms with van der Waals surface area (Å²) in [5, 5.41) is 11.9. The highest BCUT2D eigenvalue weighted by molar-refractivity contribution is 5.75. The predicted octanol–water partition coefficient (Wildman–Crippen LogP) is 2.22. The van der Waals surface area contributed by atoms with Gasteiger partial charge in [-0.25, -0.2) is 9.59 Å². The van der Waals surface area contributed by atoms with Crippen LogP contribution in [0.5, 0.6) is 0 Å². The summed E-state index contributed by atoms with van der Waals surface area (Å²) in [6, 6.07) is -0.737. The summed E-state index contributed by atoms with van der Waals surface area (Å²) in [5.41, 5.74) is -1.34. The molecule has 1 fully saturated rings. The molecule has 0 bridgehead atoms. The molecule has 0 spiro atoms. The second-order valence-corrected chi connectivity index (χ2v) is 7.91. The number of carboxylic acid groups (broad SMARTS) is 1. The van der Waals surface area contributed by atoms with Gasteiger partial charge in [-0.1, -0.05) is 0 Å². The number of nitrogens with one attached hydrogen (secondary N) is 1. The molecule has 2 atom stereocenters. The Morgan fingerprint density at radius 1 is 1.04 bits per heavy atom. The second-order valence-electron chi connectivity index (χ2n) is 7.91. The van der Waals surface area contributed by atoms with E-state index in [2.05, 4.69) is 5.32 Å². The van der Waals surface area contributed by atoms with Crippen LogP contribution in [-0.4, -0.2) is 58.5 Å².